The summed E-state index contributed by atoms with van der Waals surface area (Å²) in [6.07, 6.45) is 4.87. The van der Waals surface area contributed by atoms with Crippen LogP contribution in [0.15, 0.2) is 47.3 Å². The van der Waals surface area contributed by atoms with Crippen molar-refractivity contribution in [2.24, 2.45) is 0 Å². The number of hydrogen-bond donors (Lipinski definition) is 1. The van der Waals surface area contributed by atoms with Crippen molar-refractivity contribution in [3.63, 3.8) is 0 Å². The van der Waals surface area contributed by atoms with Gasteiger partial charge in [-0.25, -0.2) is 0 Å². The van der Waals surface area contributed by atoms with Crippen molar-refractivity contribution in [2.45, 2.75) is 6.42 Å². The quantitative estimate of drug-likeness (QED) is 0.777. The Balaban J connectivity index is 2.03. The van der Waals surface area contributed by atoms with E-state index in [0.29, 0.717) is 11.5 Å². The Kier molecular flexibility index (Phi) is 2.72. The van der Waals surface area contributed by atoms with Gasteiger partial charge in [0.2, 0.25) is 0 Å². The fraction of sp³-hybridized carbons (Fsp3) is 0.0714. The summed E-state index contributed by atoms with van der Waals surface area (Å²) in [5.74, 6) is -0.226. The molecule has 19 heavy (non-hydrogen) atoms. The van der Waals surface area contributed by atoms with Gasteiger partial charge in [0.15, 0.2) is 0 Å². The topological polar surface area (TPSA) is 76.2 Å². The minimum absolute atomic E-state index is 0.102. The number of furan rings is 1. The lowest BCUT2D eigenvalue weighted by Crippen LogP contribution is -2.01. The third-order valence-corrected chi connectivity index (χ3v) is 2.75. The fourth-order valence-corrected chi connectivity index (χ4v) is 1.91. The highest BCUT2D eigenvalue weighted by Crippen LogP contribution is 2.27. The maximum atomic E-state index is 10.7. The van der Waals surface area contributed by atoms with E-state index in [0.717, 1.165) is 16.5 Å². The molecule has 0 radical (unpaired) electrons. The maximum Gasteiger partial charge on any atom is 0.309 e. The van der Waals surface area contributed by atoms with Gasteiger partial charge in [0.1, 0.15) is 11.3 Å². The number of pyridine rings is 2. The average Bonchev–Trinajstić information content (AvgIpc) is 2.82. The molecule has 0 spiro atoms. The molecule has 5 heteroatoms. The lowest BCUT2D eigenvalue weighted by Gasteiger charge is -1.99. The van der Waals surface area contributed by atoms with Crippen LogP contribution in [0, 0.1) is 0 Å². The van der Waals surface area contributed by atoms with Crippen LogP contribution >= 0.6 is 0 Å². The van der Waals surface area contributed by atoms with Gasteiger partial charge in [-0.05, 0) is 24.3 Å². The third kappa shape index (κ3) is 2.30. The maximum absolute atomic E-state index is 10.7. The Hall–Kier alpha value is -2.69. The lowest BCUT2D eigenvalue weighted by atomic mass is 10.1. The van der Waals surface area contributed by atoms with E-state index in [4.69, 9.17) is 9.52 Å². The van der Waals surface area contributed by atoms with Crippen LogP contribution in [0.3, 0.4) is 0 Å². The predicted octanol–water partition coefficient (Wildman–Crippen LogP) is 2.52. The van der Waals surface area contributed by atoms with Gasteiger partial charge in [0.05, 0.1) is 12.1 Å². The molecule has 0 aliphatic carbocycles. The smallest absolute Gasteiger partial charge is 0.309 e. The van der Waals surface area contributed by atoms with Crippen molar-refractivity contribution in [1.82, 2.24) is 9.97 Å². The van der Waals surface area contributed by atoms with Crippen molar-refractivity contribution in [3.8, 4) is 11.3 Å². The number of nitrogens with zero attached hydrogens (tertiary/aromatic N) is 2. The van der Waals surface area contributed by atoms with Crippen molar-refractivity contribution < 1.29 is 14.3 Å². The van der Waals surface area contributed by atoms with Crippen molar-refractivity contribution >= 4 is 16.9 Å². The molecule has 0 unspecified atom stereocenters. The van der Waals surface area contributed by atoms with Gasteiger partial charge >= 0.3 is 5.97 Å². The molecule has 0 amide bonds. The zero-order valence-electron chi connectivity index (χ0n) is 9.91. The minimum atomic E-state index is -0.904. The predicted molar refractivity (Wildman–Crippen MR) is 68.6 cm³/mol. The fourth-order valence-electron chi connectivity index (χ4n) is 1.91. The first-order valence-electron chi connectivity index (χ1n) is 5.73. The molecule has 0 aromatic carbocycles. The first-order valence-corrected chi connectivity index (χ1v) is 5.73. The van der Waals surface area contributed by atoms with Gasteiger partial charge in [-0.1, -0.05) is 0 Å². The molecule has 3 rings (SSSR count). The molecular formula is C14H10N2O3. The molecule has 1 N–H and O–H groups in total. The summed E-state index contributed by atoms with van der Waals surface area (Å²) in [4.78, 5) is 18.7. The van der Waals surface area contributed by atoms with Crippen LogP contribution in [0.1, 0.15) is 5.69 Å². The van der Waals surface area contributed by atoms with Gasteiger partial charge in [0, 0.05) is 29.5 Å². The van der Waals surface area contributed by atoms with Crippen LogP contribution in [-0.4, -0.2) is 21.0 Å². The largest absolute Gasteiger partial charge is 0.481 e. The van der Waals surface area contributed by atoms with E-state index >= 15 is 0 Å². The minimum Gasteiger partial charge on any atom is -0.481 e. The summed E-state index contributed by atoms with van der Waals surface area (Å²) in [5.41, 5.74) is 2.06. The second-order valence-corrected chi connectivity index (χ2v) is 4.13. The number of aromatic nitrogens is 2. The van der Waals surface area contributed by atoms with Crippen LogP contribution in [0.4, 0.5) is 0 Å². The standard InChI is InChI=1S/C14H10N2O3/c17-14(18)7-11-5-9(1-4-16-11)13-6-10-8-15-3-2-12(10)19-13/h1-6,8H,7H2,(H,17,18). The molecule has 0 aliphatic rings. The molecule has 0 fully saturated rings. The van der Waals surface area contributed by atoms with E-state index in [2.05, 4.69) is 9.97 Å². The normalized spacial score (nSPS) is 10.7. The Morgan fingerprint density at radius 3 is 2.95 bits per heavy atom. The zero-order chi connectivity index (χ0) is 13.2. The van der Waals surface area contributed by atoms with Gasteiger partial charge in [-0.3, -0.25) is 14.8 Å². The van der Waals surface area contributed by atoms with Gasteiger partial charge in [-0.2, -0.15) is 0 Å². The number of fused-ring (bicyclic) bond motifs is 1. The summed E-state index contributed by atoms with van der Waals surface area (Å²) in [6, 6.07) is 7.18. The van der Waals surface area contributed by atoms with E-state index < -0.39 is 5.97 Å². The molecule has 94 valence electrons. The van der Waals surface area contributed by atoms with Crippen molar-refractivity contribution in [2.75, 3.05) is 0 Å². The van der Waals surface area contributed by atoms with Crippen LogP contribution in [0.2, 0.25) is 0 Å². The molecule has 0 saturated carbocycles. The summed E-state index contributed by atoms with van der Waals surface area (Å²) in [7, 11) is 0. The van der Waals surface area contributed by atoms with Crippen LogP contribution < -0.4 is 0 Å². The molecule has 0 bridgehead atoms. The monoisotopic (exact) mass is 254 g/mol. The summed E-state index contributed by atoms with van der Waals surface area (Å²) < 4.78 is 5.70. The molecule has 3 aromatic rings. The average molecular weight is 254 g/mol. The molecule has 0 aliphatic heterocycles. The van der Waals surface area contributed by atoms with Gasteiger partial charge in [-0.15, -0.1) is 0 Å². The molecule has 0 atom stereocenters. The number of aliphatic carboxylic acids is 1. The number of carboxylic acid groups (broad SMARTS) is 1. The van der Waals surface area contributed by atoms with Gasteiger partial charge < -0.3 is 9.52 Å². The number of carbonyl (C=O) groups is 1. The molecule has 5 nitrogen and oxygen atoms in total. The molecule has 3 aromatic heterocycles. The number of carboxylic acids is 1. The third-order valence-electron chi connectivity index (χ3n) is 2.75. The van der Waals surface area contributed by atoms with E-state index in [9.17, 15) is 4.79 Å². The molecular weight excluding hydrogens is 244 g/mol. The van der Waals surface area contributed by atoms with Crippen LogP contribution in [0.25, 0.3) is 22.3 Å². The van der Waals surface area contributed by atoms with Gasteiger partial charge in [0.25, 0.3) is 0 Å². The first-order chi connectivity index (χ1) is 9.22. The number of rotatable bonds is 3. The van der Waals surface area contributed by atoms with E-state index in [1.165, 1.54) is 0 Å². The lowest BCUT2D eigenvalue weighted by molar-refractivity contribution is -0.136. The van der Waals surface area contributed by atoms with Crippen molar-refractivity contribution in [3.05, 3.63) is 48.5 Å². The number of hydrogen-bond acceptors (Lipinski definition) is 4. The van der Waals surface area contributed by atoms with E-state index in [-0.39, 0.29) is 6.42 Å². The van der Waals surface area contributed by atoms with Crippen LogP contribution in [0.5, 0.6) is 0 Å². The second kappa shape index (κ2) is 4.53. The first kappa shape index (κ1) is 11.4. The molecule has 3 heterocycles. The summed E-state index contributed by atoms with van der Waals surface area (Å²) in [5, 5.41) is 9.68. The summed E-state index contributed by atoms with van der Waals surface area (Å²) >= 11 is 0. The summed E-state index contributed by atoms with van der Waals surface area (Å²) in [6.45, 7) is 0. The SMILES string of the molecule is O=C(O)Cc1cc(-c2cc3cnccc3o2)ccn1. The van der Waals surface area contributed by atoms with Crippen molar-refractivity contribution in [1.29, 1.82) is 0 Å². The van der Waals surface area contributed by atoms with Crippen LogP contribution in [-0.2, 0) is 11.2 Å². The Morgan fingerprint density at radius 2 is 2.16 bits per heavy atom. The zero-order valence-corrected chi connectivity index (χ0v) is 9.91. The second-order valence-electron chi connectivity index (χ2n) is 4.13. The highest BCUT2D eigenvalue weighted by Gasteiger charge is 2.08. The Bertz CT molecular complexity index is 716. The molecule has 0 saturated heterocycles. The Morgan fingerprint density at radius 1 is 1.26 bits per heavy atom. The Labute approximate surface area is 108 Å². The highest BCUT2D eigenvalue weighted by atomic mass is 16.4. The highest BCUT2D eigenvalue weighted by molar-refractivity contribution is 5.82. The van der Waals surface area contributed by atoms with E-state index in [1.807, 2.05) is 6.07 Å². The van der Waals surface area contributed by atoms with E-state index in [1.54, 1.807) is 36.8 Å².